The van der Waals surface area contributed by atoms with Crippen LogP contribution in [0.5, 0.6) is 5.75 Å². The molecule has 2 amide bonds. The molecule has 1 heterocycles. The molecule has 0 radical (unpaired) electrons. The smallest absolute Gasteiger partial charge is 0.227 e. The molecule has 4 rings (SSSR count). The second-order valence-electron chi connectivity index (χ2n) is 9.92. The summed E-state index contributed by atoms with van der Waals surface area (Å²) in [5.41, 5.74) is 2.20. The van der Waals surface area contributed by atoms with Crippen LogP contribution in [0.25, 0.3) is 0 Å². The van der Waals surface area contributed by atoms with Gasteiger partial charge >= 0.3 is 0 Å². The first-order chi connectivity index (χ1) is 16.0. The second kappa shape index (κ2) is 11.3. The third-order valence-corrected chi connectivity index (χ3v) is 7.15. The molecule has 2 unspecified atom stereocenters. The molecule has 0 spiro atoms. The maximum atomic E-state index is 13.5. The predicted octanol–water partition coefficient (Wildman–Crippen LogP) is 2.80. The lowest BCUT2D eigenvalue weighted by atomic mass is 9.84. The Morgan fingerprint density at radius 1 is 1.12 bits per heavy atom. The summed E-state index contributed by atoms with van der Waals surface area (Å²) >= 11 is 0. The molecule has 3 aliphatic rings. The van der Waals surface area contributed by atoms with Gasteiger partial charge in [0.05, 0.1) is 12.5 Å². The highest BCUT2D eigenvalue weighted by Gasteiger charge is 2.38. The third kappa shape index (κ3) is 6.48. The van der Waals surface area contributed by atoms with Crippen molar-refractivity contribution in [1.82, 2.24) is 15.5 Å². The summed E-state index contributed by atoms with van der Waals surface area (Å²) in [5.74, 6) is 1.33. The fourth-order valence-electron chi connectivity index (χ4n) is 4.72. The number of hydrogen-bond donors (Lipinski definition) is 2. The molecule has 182 valence electrons. The van der Waals surface area contributed by atoms with Crippen molar-refractivity contribution < 1.29 is 19.1 Å². The Hall–Kier alpha value is -2.12. The Morgan fingerprint density at radius 2 is 1.94 bits per heavy atom. The Balaban J connectivity index is 1.36. The van der Waals surface area contributed by atoms with E-state index in [2.05, 4.69) is 33.7 Å². The maximum absolute atomic E-state index is 13.5. The number of nitrogens with zero attached hydrogens (tertiary/aromatic N) is 1. The quantitative estimate of drug-likeness (QED) is 0.500. The van der Waals surface area contributed by atoms with E-state index < -0.39 is 0 Å². The zero-order chi connectivity index (χ0) is 23.2. The van der Waals surface area contributed by atoms with Gasteiger partial charge in [0.1, 0.15) is 5.75 Å². The number of ether oxygens (including phenoxy) is 2. The van der Waals surface area contributed by atoms with E-state index in [0.717, 1.165) is 68.4 Å². The zero-order valence-corrected chi connectivity index (χ0v) is 20.1. The third-order valence-electron chi connectivity index (χ3n) is 7.15. The Kier molecular flexibility index (Phi) is 8.25. The van der Waals surface area contributed by atoms with E-state index in [0.29, 0.717) is 32.3 Å². The first-order valence-corrected chi connectivity index (χ1v) is 12.6. The molecule has 2 saturated carbocycles. The van der Waals surface area contributed by atoms with Gasteiger partial charge in [0.2, 0.25) is 11.8 Å². The van der Waals surface area contributed by atoms with Crippen LogP contribution in [0.4, 0.5) is 0 Å². The monoisotopic (exact) mass is 457 g/mol. The molecule has 7 nitrogen and oxygen atoms in total. The minimum atomic E-state index is -0.0961. The van der Waals surface area contributed by atoms with Gasteiger partial charge in [-0.05, 0) is 56.2 Å². The van der Waals surface area contributed by atoms with E-state index in [9.17, 15) is 9.59 Å². The van der Waals surface area contributed by atoms with Crippen LogP contribution in [0, 0.1) is 18.8 Å². The average molecular weight is 458 g/mol. The van der Waals surface area contributed by atoms with Gasteiger partial charge in [-0.1, -0.05) is 18.6 Å². The van der Waals surface area contributed by atoms with E-state index in [1.807, 2.05) is 6.92 Å². The Bertz CT molecular complexity index is 822. The van der Waals surface area contributed by atoms with Crippen LogP contribution in [-0.4, -0.2) is 62.2 Å². The van der Waals surface area contributed by atoms with E-state index in [4.69, 9.17) is 9.47 Å². The molecule has 1 aromatic carbocycles. The zero-order valence-electron chi connectivity index (χ0n) is 20.1. The molecule has 0 aromatic heterocycles. The van der Waals surface area contributed by atoms with E-state index >= 15 is 0 Å². The highest BCUT2D eigenvalue weighted by Crippen LogP contribution is 2.32. The van der Waals surface area contributed by atoms with Gasteiger partial charge in [-0.25, -0.2) is 0 Å². The van der Waals surface area contributed by atoms with E-state index in [-0.39, 0.29) is 29.7 Å². The summed E-state index contributed by atoms with van der Waals surface area (Å²) in [6.07, 6.45) is 6.85. The normalized spacial score (nSPS) is 23.0. The van der Waals surface area contributed by atoms with Crippen LogP contribution in [0.1, 0.15) is 56.1 Å². The number of nitrogens with one attached hydrogen (secondary N) is 2. The molecule has 0 bridgehead atoms. The molecule has 2 atom stereocenters. The van der Waals surface area contributed by atoms with Gasteiger partial charge < -0.3 is 25.0 Å². The standard InChI is InChI=1S/C26H39N3O4/c1-18-7-8-19(13-24(18)33-12-4-11-32-2)17-29(23-9-10-23)26(31)21-14-22(16-27-15-21)28-25(30)20-5-3-6-20/h7-8,13,20-23,27H,3-6,9-12,14-17H2,1-2H3,(H,28,30). The molecule has 2 aliphatic carbocycles. The number of methoxy groups -OCH3 is 1. The summed E-state index contributed by atoms with van der Waals surface area (Å²) in [6.45, 7) is 5.37. The molecule has 2 N–H and O–H groups in total. The van der Waals surface area contributed by atoms with Crippen molar-refractivity contribution in [2.75, 3.05) is 33.4 Å². The highest BCUT2D eigenvalue weighted by atomic mass is 16.5. The minimum absolute atomic E-state index is 0.0355. The lowest BCUT2D eigenvalue weighted by Crippen LogP contribution is -2.54. The molecule has 1 aliphatic heterocycles. The number of rotatable bonds is 11. The van der Waals surface area contributed by atoms with Gasteiger partial charge in [0.25, 0.3) is 0 Å². The number of benzene rings is 1. The molecular formula is C26H39N3O4. The number of aryl methyl sites for hydroxylation is 1. The second-order valence-corrected chi connectivity index (χ2v) is 9.92. The van der Waals surface area contributed by atoms with Crippen molar-refractivity contribution in [2.24, 2.45) is 11.8 Å². The summed E-state index contributed by atoms with van der Waals surface area (Å²) in [7, 11) is 1.70. The fraction of sp³-hybridized carbons (Fsp3) is 0.692. The van der Waals surface area contributed by atoms with Crippen molar-refractivity contribution >= 4 is 11.8 Å². The largest absolute Gasteiger partial charge is 0.493 e. The van der Waals surface area contributed by atoms with Crippen molar-refractivity contribution in [3.8, 4) is 5.75 Å². The van der Waals surface area contributed by atoms with Gasteiger partial charge in [-0.2, -0.15) is 0 Å². The average Bonchev–Trinajstić information content (AvgIpc) is 3.60. The molecule has 3 fully saturated rings. The highest BCUT2D eigenvalue weighted by molar-refractivity contribution is 5.81. The van der Waals surface area contributed by atoms with Gasteiger partial charge in [0.15, 0.2) is 0 Å². The van der Waals surface area contributed by atoms with Crippen LogP contribution >= 0.6 is 0 Å². The first kappa shape index (κ1) is 24.0. The summed E-state index contributed by atoms with van der Waals surface area (Å²) in [5, 5.41) is 6.57. The predicted molar refractivity (Wildman–Crippen MR) is 127 cm³/mol. The number of piperidine rings is 1. The van der Waals surface area contributed by atoms with E-state index in [1.165, 1.54) is 0 Å². The molecule has 1 aromatic rings. The summed E-state index contributed by atoms with van der Waals surface area (Å²) in [4.78, 5) is 28.0. The van der Waals surface area contributed by atoms with Crippen molar-refractivity contribution in [2.45, 2.75) is 70.5 Å². The Labute approximate surface area is 197 Å². The number of amides is 2. The molecule has 7 heteroatoms. The van der Waals surface area contributed by atoms with Gasteiger partial charge in [-0.15, -0.1) is 0 Å². The van der Waals surface area contributed by atoms with Crippen LogP contribution in [0.3, 0.4) is 0 Å². The SMILES string of the molecule is COCCCOc1cc(CN(C(=O)C2CNCC(NC(=O)C3CCC3)C2)C2CC2)ccc1C. The summed E-state index contributed by atoms with van der Waals surface area (Å²) in [6, 6.07) is 6.61. The van der Waals surface area contributed by atoms with Crippen molar-refractivity contribution in [1.29, 1.82) is 0 Å². The molecule has 1 saturated heterocycles. The maximum Gasteiger partial charge on any atom is 0.227 e. The topological polar surface area (TPSA) is 79.9 Å². The van der Waals surface area contributed by atoms with Gasteiger partial charge in [-0.3, -0.25) is 9.59 Å². The lowest BCUT2D eigenvalue weighted by Gasteiger charge is -2.35. The number of carbonyl (C=O) groups excluding carboxylic acids is 2. The Morgan fingerprint density at radius 3 is 2.64 bits per heavy atom. The fourth-order valence-corrected chi connectivity index (χ4v) is 4.72. The first-order valence-electron chi connectivity index (χ1n) is 12.6. The molecular weight excluding hydrogens is 418 g/mol. The minimum Gasteiger partial charge on any atom is -0.493 e. The summed E-state index contributed by atoms with van der Waals surface area (Å²) < 4.78 is 11.1. The molecule has 33 heavy (non-hydrogen) atoms. The lowest BCUT2D eigenvalue weighted by molar-refractivity contribution is -0.138. The van der Waals surface area contributed by atoms with Crippen molar-refractivity contribution in [3.63, 3.8) is 0 Å². The van der Waals surface area contributed by atoms with E-state index in [1.54, 1.807) is 7.11 Å². The van der Waals surface area contributed by atoms with Crippen LogP contribution in [0.2, 0.25) is 0 Å². The van der Waals surface area contributed by atoms with Crippen LogP contribution < -0.4 is 15.4 Å². The number of hydrogen-bond acceptors (Lipinski definition) is 5. The van der Waals surface area contributed by atoms with Crippen molar-refractivity contribution in [3.05, 3.63) is 29.3 Å². The van der Waals surface area contributed by atoms with Crippen LogP contribution in [-0.2, 0) is 20.9 Å². The number of carbonyl (C=O) groups is 2. The van der Waals surface area contributed by atoms with Crippen LogP contribution in [0.15, 0.2) is 18.2 Å². The van der Waals surface area contributed by atoms with Gasteiger partial charge in [0, 0.05) is 57.8 Å².